The predicted octanol–water partition coefficient (Wildman–Crippen LogP) is 2.38. The number of nitrogens with zero attached hydrogens (tertiary/aromatic N) is 3. The normalized spacial score (nSPS) is 19.2. The number of halogens is 1. The standard InChI is InChI=1S/C22H23FN4O2/c1-15-5-7-16(8-6-15)20(28)14-19-21(29)25-22(24-19)27-11-9-26(10-12-27)18-4-2-3-17(23)13-18/h2-8,13,19H,9-12,14H2,1H3,(H,24,25,29). The molecule has 4 rings (SSSR count). The van der Waals surface area contributed by atoms with E-state index in [0.717, 1.165) is 11.3 Å². The van der Waals surface area contributed by atoms with Gasteiger partial charge in [-0.05, 0) is 25.1 Å². The highest BCUT2D eigenvalue weighted by molar-refractivity contribution is 6.07. The molecule has 1 N–H and O–H groups in total. The molecule has 2 aliphatic rings. The number of aryl methyl sites for hydroxylation is 1. The first-order chi connectivity index (χ1) is 14.0. The quantitative estimate of drug-likeness (QED) is 0.807. The zero-order chi connectivity index (χ0) is 20.4. The molecular formula is C22H23FN4O2. The van der Waals surface area contributed by atoms with Gasteiger partial charge in [-0.25, -0.2) is 4.39 Å². The summed E-state index contributed by atoms with van der Waals surface area (Å²) < 4.78 is 13.4. The third-order valence-electron chi connectivity index (χ3n) is 5.33. The van der Waals surface area contributed by atoms with Crippen molar-refractivity contribution in [3.8, 4) is 0 Å². The number of nitrogens with one attached hydrogen (secondary N) is 1. The van der Waals surface area contributed by atoms with E-state index in [4.69, 9.17) is 0 Å². The zero-order valence-corrected chi connectivity index (χ0v) is 16.3. The maximum Gasteiger partial charge on any atom is 0.271 e. The fourth-order valence-corrected chi connectivity index (χ4v) is 3.62. The summed E-state index contributed by atoms with van der Waals surface area (Å²) >= 11 is 0. The van der Waals surface area contributed by atoms with Crippen LogP contribution in [0.2, 0.25) is 0 Å². The molecule has 0 bridgehead atoms. The van der Waals surface area contributed by atoms with Crippen molar-refractivity contribution in [1.29, 1.82) is 0 Å². The molecule has 2 heterocycles. The number of guanidine groups is 1. The van der Waals surface area contributed by atoms with Crippen molar-refractivity contribution in [2.24, 2.45) is 4.99 Å². The van der Waals surface area contributed by atoms with Crippen LogP contribution in [-0.4, -0.2) is 54.8 Å². The SMILES string of the molecule is Cc1ccc(C(=O)CC2NC(N3CCN(c4cccc(F)c4)CC3)=NC2=O)cc1. The van der Waals surface area contributed by atoms with Gasteiger partial charge in [-0.3, -0.25) is 9.59 Å². The van der Waals surface area contributed by atoms with Crippen molar-refractivity contribution >= 4 is 23.3 Å². The van der Waals surface area contributed by atoms with Gasteiger partial charge in [0, 0.05) is 43.9 Å². The molecule has 2 aromatic carbocycles. The molecule has 1 unspecified atom stereocenters. The number of Topliss-reactive ketones (excluding diaryl/α,β-unsaturated/α-hetero) is 1. The Labute approximate surface area is 169 Å². The van der Waals surface area contributed by atoms with Crippen LogP contribution < -0.4 is 10.2 Å². The van der Waals surface area contributed by atoms with Crippen molar-refractivity contribution in [2.45, 2.75) is 19.4 Å². The van der Waals surface area contributed by atoms with Crippen molar-refractivity contribution in [3.05, 3.63) is 65.5 Å². The van der Waals surface area contributed by atoms with Crippen LogP contribution >= 0.6 is 0 Å². The summed E-state index contributed by atoms with van der Waals surface area (Å²) in [6.45, 7) is 4.68. The van der Waals surface area contributed by atoms with Crippen LogP contribution in [-0.2, 0) is 4.79 Å². The maximum atomic E-state index is 13.4. The molecule has 0 saturated carbocycles. The molecule has 7 heteroatoms. The lowest BCUT2D eigenvalue weighted by atomic mass is 10.0. The molecule has 150 valence electrons. The van der Waals surface area contributed by atoms with Crippen LogP contribution in [0.3, 0.4) is 0 Å². The lowest BCUT2D eigenvalue weighted by Crippen LogP contribution is -2.52. The molecule has 29 heavy (non-hydrogen) atoms. The number of anilines is 1. The van der Waals surface area contributed by atoms with Crippen molar-refractivity contribution < 1.29 is 14.0 Å². The van der Waals surface area contributed by atoms with Gasteiger partial charge in [-0.15, -0.1) is 0 Å². The Bertz CT molecular complexity index is 950. The van der Waals surface area contributed by atoms with E-state index < -0.39 is 6.04 Å². The van der Waals surface area contributed by atoms with Crippen molar-refractivity contribution in [3.63, 3.8) is 0 Å². The molecule has 1 atom stereocenters. The van der Waals surface area contributed by atoms with Crippen LogP contribution in [0.15, 0.2) is 53.5 Å². The first-order valence-electron chi connectivity index (χ1n) is 9.74. The van der Waals surface area contributed by atoms with Crippen LogP contribution in [0.1, 0.15) is 22.3 Å². The minimum Gasteiger partial charge on any atom is -0.368 e. The second kappa shape index (κ2) is 8.03. The number of amides is 1. The van der Waals surface area contributed by atoms with Gasteiger partial charge in [0.1, 0.15) is 11.9 Å². The lowest BCUT2D eigenvalue weighted by molar-refractivity contribution is -0.118. The third kappa shape index (κ3) is 4.29. The Kier molecular flexibility index (Phi) is 5.29. The monoisotopic (exact) mass is 394 g/mol. The van der Waals surface area contributed by atoms with E-state index >= 15 is 0 Å². The second-order valence-corrected chi connectivity index (χ2v) is 7.42. The highest BCUT2D eigenvalue weighted by atomic mass is 19.1. The second-order valence-electron chi connectivity index (χ2n) is 7.42. The lowest BCUT2D eigenvalue weighted by Gasteiger charge is -2.37. The van der Waals surface area contributed by atoms with Crippen molar-refractivity contribution in [1.82, 2.24) is 10.2 Å². The molecule has 2 aromatic rings. The van der Waals surface area contributed by atoms with Crippen molar-refractivity contribution in [2.75, 3.05) is 31.1 Å². The fourth-order valence-electron chi connectivity index (χ4n) is 3.62. The Morgan fingerprint density at radius 1 is 1.10 bits per heavy atom. The summed E-state index contributed by atoms with van der Waals surface area (Å²) in [5.74, 6) is -0.120. The smallest absolute Gasteiger partial charge is 0.271 e. The average Bonchev–Trinajstić information content (AvgIpc) is 3.09. The number of benzene rings is 2. The number of rotatable bonds is 4. The van der Waals surface area contributed by atoms with Gasteiger partial charge in [0.05, 0.1) is 0 Å². The molecule has 0 radical (unpaired) electrons. The summed E-state index contributed by atoms with van der Waals surface area (Å²) in [4.78, 5) is 33.0. The fraction of sp³-hybridized carbons (Fsp3) is 0.318. The number of carbonyl (C=O) groups excluding carboxylic acids is 2. The highest BCUT2D eigenvalue weighted by Gasteiger charge is 2.32. The maximum absolute atomic E-state index is 13.4. The largest absolute Gasteiger partial charge is 0.368 e. The number of piperazine rings is 1. The number of ketones is 1. The topological polar surface area (TPSA) is 65.0 Å². The summed E-state index contributed by atoms with van der Waals surface area (Å²) in [5, 5.41) is 3.11. The first-order valence-corrected chi connectivity index (χ1v) is 9.74. The van der Waals surface area contributed by atoms with E-state index in [1.807, 2.05) is 30.0 Å². The predicted molar refractivity (Wildman–Crippen MR) is 110 cm³/mol. The van der Waals surface area contributed by atoms with Gasteiger partial charge in [0.2, 0.25) is 5.96 Å². The van der Waals surface area contributed by atoms with Gasteiger partial charge in [0.15, 0.2) is 5.78 Å². The van der Waals surface area contributed by atoms with E-state index in [1.165, 1.54) is 12.1 Å². The van der Waals surface area contributed by atoms with E-state index in [0.29, 0.717) is 37.7 Å². The van der Waals surface area contributed by atoms with Crippen LogP contribution in [0.5, 0.6) is 0 Å². The molecule has 6 nitrogen and oxygen atoms in total. The molecule has 1 amide bonds. The number of aliphatic imine (C=N–C) groups is 1. The van der Waals surface area contributed by atoms with Gasteiger partial charge in [-0.1, -0.05) is 35.9 Å². The molecule has 0 aromatic heterocycles. The van der Waals surface area contributed by atoms with Gasteiger partial charge < -0.3 is 15.1 Å². The van der Waals surface area contributed by atoms with E-state index in [2.05, 4.69) is 15.2 Å². The zero-order valence-electron chi connectivity index (χ0n) is 16.3. The molecule has 1 saturated heterocycles. The summed E-state index contributed by atoms with van der Waals surface area (Å²) in [6.07, 6.45) is 0.0815. The molecule has 2 aliphatic heterocycles. The van der Waals surface area contributed by atoms with Crippen LogP contribution in [0, 0.1) is 12.7 Å². The summed E-state index contributed by atoms with van der Waals surface area (Å²) in [5.41, 5.74) is 2.53. The molecule has 1 fully saturated rings. The van der Waals surface area contributed by atoms with Crippen LogP contribution in [0.4, 0.5) is 10.1 Å². The highest BCUT2D eigenvalue weighted by Crippen LogP contribution is 2.19. The van der Waals surface area contributed by atoms with E-state index in [-0.39, 0.29) is 23.9 Å². The Balaban J connectivity index is 1.33. The Morgan fingerprint density at radius 2 is 1.79 bits per heavy atom. The Hall–Kier alpha value is -3.22. The van der Waals surface area contributed by atoms with Gasteiger partial charge >= 0.3 is 0 Å². The molecular weight excluding hydrogens is 371 g/mol. The van der Waals surface area contributed by atoms with Crippen LogP contribution in [0.25, 0.3) is 0 Å². The van der Waals surface area contributed by atoms with E-state index in [9.17, 15) is 14.0 Å². The summed E-state index contributed by atoms with van der Waals surface area (Å²) in [6, 6.07) is 13.3. The number of hydrogen-bond acceptors (Lipinski definition) is 5. The minimum atomic E-state index is -0.625. The molecule has 0 spiro atoms. The summed E-state index contributed by atoms with van der Waals surface area (Å²) in [7, 11) is 0. The number of hydrogen-bond donors (Lipinski definition) is 1. The average molecular weight is 394 g/mol. The van der Waals surface area contributed by atoms with Gasteiger partial charge in [-0.2, -0.15) is 4.99 Å². The number of carbonyl (C=O) groups is 2. The molecule has 0 aliphatic carbocycles. The first kappa shape index (κ1) is 19.1. The third-order valence-corrected chi connectivity index (χ3v) is 5.33. The van der Waals surface area contributed by atoms with E-state index in [1.54, 1.807) is 18.2 Å². The van der Waals surface area contributed by atoms with Gasteiger partial charge in [0.25, 0.3) is 5.91 Å². The minimum absolute atomic E-state index is 0.0803. The Morgan fingerprint density at radius 3 is 2.48 bits per heavy atom.